The zero-order chi connectivity index (χ0) is 13.9. The van der Waals surface area contributed by atoms with Crippen LogP contribution < -0.4 is 15.0 Å². The molecule has 0 aliphatic carbocycles. The maximum atomic E-state index is 11.8. The summed E-state index contributed by atoms with van der Waals surface area (Å²) in [5.41, 5.74) is 1.49. The fraction of sp³-hybridized carbons (Fsp3) is 0.214. The van der Waals surface area contributed by atoms with E-state index in [9.17, 15) is 4.79 Å². The largest absolute Gasteiger partial charge is 0.479 e. The number of anilines is 3. The van der Waals surface area contributed by atoms with Crippen LogP contribution in [0.2, 0.25) is 0 Å². The second-order valence-corrected chi connectivity index (χ2v) is 4.37. The van der Waals surface area contributed by atoms with E-state index in [1.54, 1.807) is 0 Å². The fourth-order valence-corrected chi connectivity index (χ4v) is 2.21. The lowest BCUT2D eigenvalue weighted by Crippen LogP contribution is -2.19. The van der Waals surface area contributed by atoms with Crippen LogP contribution in [0, 0.1) is 0 Å². The highest BCUT2D eigenvalue weighted by Gasteiger charge is 2.25. The third-order valence-electron chi connectivity index (χ3n) is 3.14. The molecule has 0 saturated carbocycles. The lowest BCUT2D eigenvalue weighted by atomic mass is 10.2. The Morgan fingerprint density at radius 3 is 2.80 bits per heavy atom. The van der Waals surface area contributed by atoms with E-state index in [1.807, 2.05) is 35.2 Å². The molecule has 0 fully saturated rings. The Morgan fingerprint density at radius 2 is 2.05 bits per heavy atom. The number of nitrogens with zero attached hydrogens (tertiary/aromatic N) is 3. The Bertz CT molecular complexity index is 630. The molecule has 1 amide bonds. The number of amides is 1. The van der Waals surface area contributed by atoms with Crippen molar-refractivity contribution in [2.75, 3.05) is 23.9 Å². The van der Waals surface area contributed by atoms with Crippen molar-refractivity contribution in [1.82, 2.24) is 9.97 Å². The molecule has 0 spiro atoms. The molecule has 6 heteroatoms. The summed E-state index contributed by atoms with van der Waals surface area (Å²) in [6.45, 7) is 0.559. The second kappa shape index (κ2) is 5.16. The maximum Gasteiger partial charge on any atom is 0.242 e. The van der Waals surface area contributed by atoms with Crippen LogP contribution in [0.3, 0.4) is 0 Å². The second-order valence-electron chi connectivity index (χ2n) is 4.37. The van der Waals surface area contributed by atoms with Gasteiger partial charge in [0.05, 0.1) is 7.11 Å². The number of ether oxygens (including phenoxy) is 1. The van der Waals surface area contributed by atoms with Crippen molar-refractivity contribution in [3.8, 4) is 5.88 Å². The molecule has 1 aliphatic rings. The van der Waals surface area contributed by atoms with E-state index in [0.29, 0.717) is 30.4 Å². The first-order valence-corrected chi connectivity index (χ1v) is 6.31. The predicted molar refractivity (Wildman–Crippen MR) is 75.3 cm³/mol. The molecule has 1 aromatic carbocycles. The molecule has 2 aromatic rings. The fourth-order valence-electron chi connectivity index (χ4n) is 2.21. The molecule has 20 heavy (non-hydrogen) atoms. The van der Waals surface area contributed by atoms with Crippen LogP contribution in [0.1, 0.15) is 6.42 Å². The van der Waals surface area contributed by atoms with Crippen molar-refractivity contribution in [2.45, 2.75) is 6.42 Å². The molecular weight excluding hydrogens is 256 g/mol. The standard InChI is InChI=1S/C14H14N4O2/c1-20-14-12-13(15-9-16-14)18(8-7-11(19)17-12)10-5-3-2-4-6-10/h2-6,9H,7-8H2,1H3,(H,17,19). The minimum absolute atomic E-state index is 0.0715. The Kier molecular flexibility index (Phi) is 3.20. The summed E-state index contributed by atoms with van der Waals surface area (Å²) in [7, 11) is 1.52. The van der Waals surface area contributed by atoms with Crippen LogP contribution in [0.25, 0.3) is 0 Å². The highest BCUT2D eigenvalue weighted by atomic mass is 16.5. The average molecular weight is 270 g/mol. The molecule has 0 radical (unpaired) electrons. The van der Waals surface area contributed by atoms with Gasteiger partial charge in [0.2, 0.25) is 11.8 Å². The molecule has 0 atom stereocenters. The predicted octanol–water partition coefficient (Wildman–Crippen LogP) is 1.97. The summed E-state index contributed by atoms with van der Waals surface area (Å²) in [6.07, 6.45) is 1.82. The number of carbonyl (C=O) groups excluding carboxylic acids is 1. The number of methoxy groups -OCH3 is 1. The van der Waals surface area contributed by atoms with Crippen LogP contribution in [-0.2, 0) is 4.79 Å². The monoisotopic (exact) mass is 270 g/mol. The number of hydrogen-bond donors (Lipinski definition) is 1. The summed E-state index contributed by atoms with van der Waals surface area (Å²) < 4.78 is 5.21. The SMILES string of the molecule is COc1ncnc2c1NC(=O)CCN2c1ccccc1. The first-order valence-electron chi connectivity index (χ1n) is 6.31. The maximum absolute atomic E-state index is 11.8. The van der Waals surface area contributed by atoms with E-state index in [2.05, 4.69) is 15.3 Å². The Labute approximate surface area is 116 Å². The van der Waals surface area contributed by atoms with Gasteiger partial charge in [0, 0.05) is 18.7 Å². The number of benzene rings is 1. The van der Waals surface area contributed by atoms with Gasteiger partial charge in [0.1, 0.15) is 12.0 Å². The van der Waals surface area contributed by atoms with E-state index in [1.165, 1.54) is 13.4 Å². The molecular formula is C14H14N4O2. The number of nitrogens with one attached hydrogen (secondary N) is 1. The highest BCUT2D eigenvalue weighted by molar-refractivity contribution is 5.98. The molecule has 2 heterocycles. The van der Waals surface area contributed by atoms with E-state index in [4.69, 9.17) is 4.74 Å². The molecule has 0 saturated heterocycles. The Balaban J connectivity index is 2.13. The Morgan fingerprint density at radius 1 is 1.25 bits per heavy atom. The van der Waals surface area contributed by atoms with Gasteiger partial charge in [-0.1, -0.05) is 18.2 Å². The van der Waals surface area contributed by atoms with Crippen molar-refractivity contribution in [3.05, 3.63) is 36.7 Å². The topological polar surface area (TPSA) is 67.4 Å². The highest BCUT2D eigenvalue weighted by Crippen LogP contribution is 2.36. The minimum atomic E-state index is -0.0715. The van der Waals surface area contributed by atoms with Gasteiger partial charge >= 0.3 is 0 Å². The first-order chi connectivity index (χ1) is 9.79. The van der Waals surface area contributed by atoms with Crippen LogP contribution in [0.5, 0.6) is 5.88 Å². The van der Waals surface area contributed by atoms with E-state index in [-0.39, 0.29) is 5.91 Å². The third-order valence-corrected chi connectivity index (χ3v) is 3.14. The number of hydrogen-bond acceptors (Lipinski definition) is 5. The van der Waals surface area contributed by atoms with E-state index < -0.39 is 0 Å². The van der Waals surface area contributed by atoms with Gasteiger partial charge in [-0.25, -0.2) is 4.98 Å². The number of rotatable bonds is 2. The molecule has 1 aromatic heterocycles. The van der Waals surface area contributed by atoms with Crippen LogP contribution in [0.15, 0.2) is 36.7 Å². The van der Waals surface area contributed by atoms with Gasteiger partial charge < -0.3 is 15.0 Å². The van der Waals surface area contributed by atoms with Gasteiger partial charge in [-0.2, -0.15) is 4.98 Å². The molecule has 1 N–H and O–H groups in total. The van der Waals surface area contributed by atoms with Crippen LogP contribution in [0.4, 0.5) is 17.2 Å². The quantitative estimate of drug-likeness (QED) is 0.903. The molecule has 3 rings (SSSR count). The van der Waals surface area contributed by atoms with Crippen molar-refractivity contribution in [2.24, 2.45) is 0 Å². The summed E-state index contributed by atoms with van der Waals surface area (Å²) >= 11 is 0. The van der Waals surface area contributed by atoms with Crippen LogP contribution >= 0.6 is 0 Å². The Hall–Kier alpha value is -2.63. The van der Waals surface area contributed by atoms with Crippen molar-refractivity contribution in [1.29, 1.82) is 0 Å². The lowest BCUT2D eigenvalue weighted by molar-refractivity contribution is -0.115. The van der Waals surface area contributed by atoms with Gasteiger partial charge in [0.25, 0.3) is 0 Å². The number of para-hydroxylation sites is 1. The van der Waals surface area contributed by atoms with Gasteiger partial charge in [-0.15, -0.1) is 0 Å². The normalized spacial score (nSPS) is 14.2. The van der Waals surface area contributed by atoms with Crippen molar-refractivity contribution >= 4 is 23.1 Å². The average Bonchev–Trinajstić information content (AvgIpc) is 2.66. The summed E-state index contributed by atoms with van der Waals surface area (Å²) in [6, 6.07) is 9.82. The summed E-state index contributed by atoms with van der Waals surface area (Å²) in [4.78, 5) is 22.2. The zero-order valence-electron chi connectivity index (χ0n) is 11.0. The smallest absolute Gasteiger partial charge is 0.242 e. The molecule has 1 aliphatic heterocycles. The first kappa shape index (κ1) is 12.4. The molecule has 0 bridgehead atoms. The molecule has 6 nitrogen and oxygen atoms in total. The van der Waals surface area contributed by atoms with E-state index in [0.717, 1.165) is 5.69 Å². The van der Waals surface area contributed by atoms with Crippen molar-refractivity contribution < 1.29 is 9.53 Å². The summed E-state index contributed by atoms with van der Waals surface area (Å²) in [5, 5.41) is 2.81. The zero-order valence-corrected chi connectivity index (χ0v) is 11.0. The minimum Gasteiger partial charge on any atom is -0.479 e. The van der Waals surface area contributed by atoms with Crippen molar-refractivity contribution in [3.63, 3.8) is 0 Å². The van der Waals surface area contributed by atoms with E-state index >= 15 is 0 Å². The number of carbonyl (C=O) groups is 1. The molecule has 0 unspecified atom stereocenters. The van der Waals surface area contributed by atoms with Crippen LogP contribution in [-0.4, -0.2) is 29.5 Å². The number of aromatic nitrogens is 2. The van der Waals surface area contributed by atoms with Gasteiger partial charge in [-0.3, -0.25) is 4.79 Å². The summed E-state index contributed by atoms with van der Waals surface area (Å²) in [5.74, 6) is 0.942. The lowest BCUT2D eigenvalue weighted by Gasteiger charge is -2.23. The number of fused-ring (bicyclic) bond motifs is 1. The third kappa shape index (κ3) is 2.16. The molecule has 102 valence electrons. The van der Waals surface area contributed by atoms with Gasteiger partial charge in [-0.05, 0) is 12.1 Å². The van der Waals surface area contributed by atoms with Gasteiger partial charge in [0.15, 0.2) is 5.82 Å².